The molecule has 2 heterocycles. The Labute approximate surface area is 108 Å². The van der Waals surface area contributed by atoms with Crippen LogP contribution >= 0.6 is 0 Å². The van der Waals surface area contributed by atoms with E-state index in [2.05, 4.69) is 5.32 Å². The lowest BCUT2D eigenvalue weighted by Gasteiger charge is -2.36. The van der Waals surface area contributed by atoms with Gasteiger partial charge in [-0.3, -0.25) is 0 Å². The summed E-state index contributed by atoms with van der Waals surface area (Å²) in [5.41, 5.74) is 1.26. The quantitative estimate of drug-likeness (QED) is 0.869. The lowest BCUT2D eigenvalue weighted by Crippen LogP contribution is -2.38. The molecule has 0 aliphatic carbocycles. The van der Waals surface area contributed by atoms with Gasteiger partial charge in [0.15, 0.2) is 0 Å². The molecule has 2 fully saturated rings. The van der Waals surface area contributed by atoms with Gasteiger partial charge in [-0.15, -0.1) is 0 Å². The second-order valence-corrected chi connectivity index (χ2v) is 5.44. The molecule has 3 heteroatoms. The predicted octanol–water partition coefficient (Wildman–Crippen LogP) is 2.56. The summed E-state index contributed by atoms with van der Waals surface area (Å²) in [7, 11) is 0. The molecule has 0 amide bonds. The summed E-state index contributed by atoms with van der Waals surface area (Å²) in [6, 6.07) is 7.03. The van der Waals surface area contributed by atoms with Crippen molar-refractivity contribution < 1.29 is 9.13 Å². The van der Waals surface area contributed by atoms with Crippen molar-refractivity contribution in [3.63, 3.8) is 0 Å². The molecule has 1 aromatic rings. The van der Waals surface area contributed by atoms with E-state index in [1.807, 2.05) is 12.1 Å². The lowest BCUT2D eigenvalue weighted by atomic mass is 9.74. The van der Waals surface area contributed by atoms with Crippen LogP contribution in [-0.4, -0.2) is 26.3 Å². The van der Waals surface area contributed by atoms with Crippen molar-refractivity contribution in [3.8, 4) is 0 Å². The minimum absolute atomic E-state index is 0.150. The van der Waals surface area contributed by atoms with Gasteiger partial charge in [0, 0.05) is 19.8 Å². The fourth-order valence-electron chi connectivity index (χ4n) is 3.41. The largest absolute Gasteiger partial charge is 0.381 e. The summed E-state index contributed by atoms with van der Waals surface area (Å²) >= 11 is 0. The molecule has 18 heavy (non-hydrogen) atoms. The molecule has 2 aliphatic heterocycles. The van der Waals surface area contributed by atoms with E-state index in [1.54, 1.807) is 12.1 Å². The summed E-state index contributed by atoms with van der Waals surface area (Å²) in [5, 5.41) is 3.47. The number of nitrogens with one attached hydrogen (secondary N) is 1. The van der Waals surface area contributed by atoms with Gasteiger partial charge < -0.3 is 10.1 Å². The Kier molecular flexibility index (Phi) is 3.62. The average Bonchev–Trinajstić information content (AvgIpc) is 2.93. The molecule has 0 aromatic heterocycles. The van der Waals surface area contributed by atoms with Gasteiger partial charge in [0.1, 0.15) is 5.82 Å². The van der Waals surface area contributed by atoms with Gasteiger partial charge in [0.2, 0.25) is 0 Å². The van der Waals surface area contributed by atoms with Crippen LogP contribution in [0.2, 0.25) is 0 Å². The second kappa shape index (κ2) is 5.37. The number of halogens is 1. The van der Waals surface area contributed by atoms with Gasteiger partial charge in [-0.05, 0) is 54.8 Å². The number of ether oxygens (including phenoxy) is 1. The first-order valence-electron chi connectivity index (χ1n) is 6.88. The zero-order valence-electron chi connectivity index (χ0n) is 10.6. The average molecular weight is 249 g/mol. The molecule has 2 aliphatic rings. The highest BCUT2D eigenvalue weighted by molar-refractivity contribution is 5.22. The molecule has 3 rings (SSSR count). The molecule has 2 nitrogen and oxygen atoms in total. The molecule has 98 valence electrons. The van der Waals surface area contributed by atoms with Crippen LogP contribution in [0.3, 0.4) is 0 Å². The predicted molar refractivity (Wildman–Crippen MR) is 69.0 cm³/mol. The second-order valence-electron chi connectivity index (χ2n) is 5.44. The molecule has 0 spiro atoms. The summed E-state index contributed by atoms with van der Waals surface area (Å²) in [6.45, 7) is 3.92. The highest BCUT2D eigenvalue weighted by Crippen LogP contribution is 2.38. The highest BCUT2D eigenvalue weighted by Gasteiger charge is 2.34. The molecular formula is C15H20FNO. The van der Waals surface area contributed by atoms with Crippen molar-refractivity contribution in [2.24, 2.45) is 11.8 Å². The fraction of sp³-hybridized carbons (Fsp3) is 0.600. The normalized spacial score (nSPS) is 32.6. The van der Waals surface area contributed by atoms with Gasteiger partial charge in [-0.2, -0.15) is 0 Å². The molecule has 1 N–H and O–H groups in total. The molecule has 3 unspecified atom stereocenters. The maximum absolute atomic E-state index is 13.0. The first kappa shape index (κ1) is 12.1. The van der Waals surface area contributed by atoms with Crippen LogP contribution in [0.4, 0.5) is 4.39 Å². The molecule has 0 bridgehead atoms. The Bertz CT molecular complexity index is 386. The van der Waals surface area contributed by atoms with Crippen molar-refractivity contribution >= 4 is 0 Å². The Morgan fingerprint density at radius 3 is 2.72 bits per heavy atom. The Balaban J connectivity index is 1.80. The number of piperidine rings is 1. The van der Waals surface area contributed by atoms with E-state index in [4.69, 9.17) is 4.74 Å². The van der Waals surface area contributed by atoms with Crippen LogP contribution in [0.15, 0.2) is 24.3 Å². The van der Waals surface area contributed by atoms with E-state index in [9.17, 15) is 4.39 Å². The van der Waals surface area contributed by atoms with Crippen molar-refractivity contribution in [2.45, 2.75) is 18.8 Å². The summed E-state index contributed by atoms with van der Waals surface area (Å²) in [6.07, 6.45) is 2.39. The van der Waals surface area contributed by atoms with Crippen molar-refractivity contribution in [1.82, 2.24) is 5.32 Å². The Morgan fingerprint density at radius 2 is 2.00 bits per heavy atom. The van der Waals surface area contributed by atoms with Crippen LogP contribution in [-0.2, 0) is 4.74 Å². The SMILES string of the molecule is Fc1ccc(C2CNCCC2C2CCOC2)cc1. The highest BCUT2D eigenvalue weighted by atomic mass is 19.1. The van der Waals surface area contributed by atoms with Crippen molar-refractivity contribution in [2.75, 3.05) is 26.3 Å². The molecule has 3 atom stereocenters. The van der Waals surface area contributed by atoms with E-state index in [-0.39, 0.29) is 5.82 Å². The number of hydrogen-bond donors (Lipinski definition) is 1. The first-order chi connectivity index (χ1) is 8.84. The van der Waals surface area contributed by atoms with Gasteiger partial charge >= 0.3 is 0 Å². The molecule has 0 saturated carbocycles. The molecule has 1 aromatic carbocycles. The number of rotatable bonds is 2. The standard InChI is InChI=1S/C15H20FNO/c16-13-3-1-11(2-4-13)15-9-17-7-5-14(15)12-6-8-18-10-12/h1-4,12,14-15,17H,5-10H2. The lowest BCUT2D eigenvalue weighted by molar-refractivity contribution is 0.154. The molecule has 2 saturated heterocycles. The minimum atomic E-state index is -0.150. The van der Waals surface area contributed by atoms with Crippen LogP contribution in [0.5, 0.6) is 0 Å². The number of benzene rings is 1. The van der Waals surface area contributed by atoms with Crippen molar-refractivity contribution in [1.29, 1.82) is 0 Å². The van der Waals surface area contributed by atoms with E-state index >= 15 is 0 Å². The van der Waals surface area contributed by atoms with Gasteiger partial charge in [0.25, 0.3) is 0 Å². The molecule has 0 radical (unpaired) electrons. The molecular weight excluding hydrogens is 229 g/mol. The zero-order valence-corrected chi connectivity index (χ0v) is 10.6. The summed E-state index contributed by atoms with van der Waals surface area (Å²) in [5.74, 6) is 1.72. The third-order valence-corrected chi connectivity index (χ3v) is 4.40. The maximum atomic E-state index is 13.0. The monoisotopic (exact) mass is 249 g/mol. The Morgan fingerprint density at radius 1 is 1.17 bits per heavy atom. The zero-order chi connectivity index (χ0) is 12.4. The smallest absolute Gasteiger partial charge is 0.123 e. The maximum Gasteiger partial charge on any atom is 0.123 e. The van der Waals surface area contributed by atoms with E-state index < -0.39 is 0 Å². The van der Waals surface area contributed by atoms with Crippen LogP contribution in [0.1, 0.15) is 24.3 Å². The fourth-order valence-corrected chi connectivity index (χ4v) is 3.41. The van der Waals surface area contributed by atoms with Gasteiger partial charge in [0.05, 0.1) is 0 Å². The van der Waals surface area contributed by atoms with E-state index in [0.29, 0.717) is 17.8 Å². The summed E-state index contributed by atoms with van der Waals surface area (Å²) in [4.78, 5) is 0. The van der Waals surface area contributed by atoms with Crippen LogP contribution in [0, 0.1) is 17.7 Å². The van der Waals surface area contributed by atoms with E-state index in [1.165, 1.54) is 18.4 Å². The minimum Gasteiger partial charge on any atom is -0.381 e. The van der Waals surface area contributed by atoms with Gasteiger partial charge in [-0.25, -0.2) is 4.39 Å². The van der Waals surface area contributed by atoms with Gasteiger partial charge in [-0.1, -0.05) is 12.1 Å². The Hall–Kier alpha value is -0.930. The van der Waals surface area contributed by atoms with Crippen LogP contribution in [0.25, 0.3) is 0 Å². The third kappa shape index (κ3) is 2.43. The third-order valence-electron chi connectivity index (χ3n) is 4.40. The van der Waals surface area contributed by atoms with E-state index in [0.717, 1.165) is 26.3 Å². The van der Waals surface area contributed by atoms with Crippen LogP contribution < -0.4 is 5.32 Å². The topological polar surface area (TPSA) is 21.3 Å². The number of hydrogen-bond acceptors (Lipinski definition) is 2. The summed E-state index contributed by atoms with van der Waals surface area (Å²) < 4.78 is 18.5. The van der Waals surface area contributed by atoms with Crippen molar-refractivity contribution in [3.05, 3.63) is 35.6 Å². The first-order valence-corrected chi connectivity index (χ1v) is 6.88.